The van der Waals surface area contributed by atoms with Crippen LogP contribution in [0.4, 0.5) is 4.39 Å². The molecule has 2 saturated heterocycles. The van der Waals surface area contributed by atoms with Gasteiger partial charge in [-0.25, -0.2) is 4.39 Å². The molecule has 6 heteroatoms. The molecule has 1 N–H and O–H groups in total. The van der Waals surface area contributed by atoms with E-state index in [2.05, 4.69) is 4.90 Å². The molecule has 3 rings (SSSR count). The maximum Gasteiger partial charge on any atom is 0.308 e. The van der Waals surface area contributed by atoms with Crippen molar-refractivity contribution in [2.75, 3.05) is 26.2 Å². The van der Waals surface area contributed by atoms with Gasteiger partial charge in [-0.3, -0.25) is 14.5 Å². The summed E-state index contributed by atoms with van der Waals surface area (Å²) in [6.07, 6.45) is 2.31. The Balaban J connectivity index is 1.57. The van der Waals surface area contributed by atoms with Gasteiger partial charge in [0.2, 0.25) is 5.91 Å². The highest BCUT2D eigenvalue weighted by atomic mass is 19.1. The summed E-state index contributed by atoms with van der Waals surface area (Å²) < 4.78 is 13.3. The Kier molecular flexibility index (Phi) is 5.14. The van der Waals surface area contributed by atoms with Crippen LogP contribution in [0.25, 0.3) is 0 Å². The van der Waals surface area contributed by atoms with E-state index >= 15 is 0 Å². The average molecular weight is 334 g/mol. The van der Waals surface area contributed by atoms with Gasteiger partial charge in [0.1, 0.15) is 5.82 Å². The predicted molar refractivity (Wildman–Crippen MR) is 86.7 cm³/mol. The molecule has 0 spiro atoms. The predicted octanol–water partition coefficient (Wildman–Crippen LogP) is 1.97. The van der Waals surface area contributed by atoms with E-state index in [1.54, 1.807) is 11.0 Å². The SMILES string of the molecule is O=C(O)C1CCN(C(=O)C2CCCN(Cc3cccc(F)c3)C2)C1. The van der Waals surface area contributed by atoms with E-state index in [0.717, 1.165) is 24.9 Å². The third-order valence-corrected chi connectivity index (χ3v) is 5.00. The first kappa shape index (κ1) is 16.9. The van der Waals surface area contributed by atoms with Crippen LogP contribution in [0.2, 0.25) is 0 Å². The summed E-state index contributed by atoms with van der Waals surface area (Å²) in [4.78, 5) is 27.6. The summed E-state index contributed by atoms with van der Waals surface area (Å²) in [6.45, 7) is 3.06. The molecule has 0 aliphatic carbocycles. The molecule has 2 heterocycles. The molecule has 0 radical (unpaired) electrons. The molecule has 0 bridgehead atoms. The fourth-order valence-corrected chi connectivity index (χ4v) is 3.71. The van der Waals surface area contributed by atoms with Crippen LogP contribution in [-0.4, -0.2) is 53.0 Å². The number of nitrogens with zero attached hydrogens (tertiary/aromatic N) is 2. The van der Waals surface area contributed by atoms with Gasteiger partial charge in [0.25, 0.3) is 0 Å². The van der Waals surface area contributed by atoms with Gasteiger partial charge in [-0.2, -0.15) is 0 Å². The summed E-state index contributed by atoms with van der Waals surface area (Å²) >= 11 is 0. The highest BCUT2D eigenvalue weighted by Gasteiger charge is 2.35. The van der Waals surface area contributed by atoms with Crippen LogP contribution in [0.5, 0.6) is 0 Å². The number of carboxylic acid groups (broad SMARTS) is 1. The van der Waals surface area contributed by atoms with Crippen molar-refractivity contribution in [3.8, 4) is 0 Å². The van der Waals surface area contributed by atoms with E-state index in [4.69, 9.17) is 5.11 Å². The number of rotatable bonds is 4. The number of carboxylic acids is 1. The number of hydrogen-bond acceptors (Lipinski definition) is 3. The van der Waals surface area contributed by atoms with E-state index in [1.807, 2.05) is 6.07 Å². The first-order chi connectivity index (χ1) is 11.5. The van der Waals surface area contributed by atoms with Gasteiger partial charge in [0.05, 0.1) is 11.8 Å². The number of piperidine rings is 1. The van der Waals surface area contributed by atoms with Crippen molar-refractivity contribution < 1.29 is 19.1 Å². The van der Waals surface area contributed by atoms with Crippen molar-refractivity contribution in [2.45, 2.75) is 25.8 Å². The van der Waals surface area contributed by atoms with Crippen molar-refractivity contribution >= 4 is 11.9 Å². The van der Waals surface area contributed by atoms with Crippen LogP contribution in [0.1, 0.15) is 24.8 Å². The maximum atomic E-state index is 13.3. The number of benzene rings is 1. The quantitative estimate of drug-likeness (QED) is 0.914. The fourth-order valence-electron chi connectivity index (χ4n) is 3.71. The van der Waals surface area contributed by atoms with E-state index < -0.39 is 11.9 Å². The summed E-state index contributed by atoms with van der Waals surface area (Å²) in [6, 6.07) is 6.56. The van der Waals surface area contributed by atoms with Crippen LogP contribution in [0.15, 0.2) is 24.3 Å². The lowest BCUT2D eigenvalue weighted by Crippen LogP contribution is -2.44. The van der Waals surface area contributed by atoms with Gasteiger partial charge in [-0.15, -0.1) is 0 Å². The highest BCUT2D eigenvalue weighted by Crippen LogP contribution is 2.24. The summed E-state index contributed by atoms with van der Waals surface area (Å²) in [5.41, 5.74) is 0.912. The van der Waals surface area contributed by atoms with E-state index in [9.17, 15) is 14.0 Å². The third kappa shape index (κ3) is 3.93. The largest absolute Gasteiger partial charge is 0.481 e. The van der Waals surface area contributed by atoms with Crippen LogP contribution in [0.3, 0.4) is 0 Å². The lowest BCUT2D eigenvalue weighted by Gasteiger charge is -2.34. The highest BCUT2D eigenvalue weighted by molar-refractivity contribution is 5.81. The minimum Gasteiger partial charge on any atom is -0.481 e. The molecule has 5 nitrogen and oxygen atoms in total. The van der Waals surface area contributed by atoms with Crippen LogP contribution in [-0.2, 0) is 16.1 Å². The Hall–Kier alpha value is -1.95. The van der Waals surface area contributed by atoms with Gasteiger partial charge >= 0.3 is 5.97 Å². The molecule has 2 fully saturated rings. The van der Waals surface area contributed by atoms with Crippen LogP contribution < -0.4 is 0 Å². The van der Waals surface area contributed by atoms with Gasteiger partial charge in [-0.05, 0) is 43.5 Å². The molecule has 2 unspecified atom stereocenters. The number of likely N-dealkylation sites (tertiary alicyclic amines) is 2. The molecule has 1 amide bonds. The molecule has 2 atom stereocenters. The standard InChI is InChI=1S/C18H23FN2O3/c19-16-5-1-3-13(9-16)10-20-7-2-4-14(11-20)17(22)21-8-6-15(12-21)18(23)24/h1,3,5,9,14-15H,2,4,6-8,10-12H2,(H,23,24). The lowest BCUT2D eigenvalue weighted by atomic mass is 9.96. The number of aliphatic carboxylic acids is 1. The summed E-state index contributed by atoms with van der Waals surface area (Å²) in [5.74, 6) is -1.50. The number of halogens is 1. The lowest BCUT2D eigenvalue weighted by molar-refractivity contribution is -0.142. The second-order valence-corrected chi connectivity index (χ2v) is 6.81. The molecular formula is C18H23FN2O3. The van der Waals surface area contributed by atoms with Crippen molar-refractivity contribution in [3.63, 3.8) is 0 Å². The van der Waals surface area contributed by atoms with Crippen molar-refractivity contribution in [3.05, 3.63) is 35.6 Å². The summed E-state index contributed by atoms with van der Waals surface area (Å²) in [7, 11) is 0. The molecule has 1 aromatic carbocycles. The normalized spacial score (nSPS) is 25.0. The molecule has 2 aliphatic rings. The van der Waals surface area contributed by atoms with E-state index in [-0.39, 0.29) is 17.6 Å². The number of hydrogen-bond donors (Lipinski definition) is 1. The van der Waals surface area contributed by atoms with Crippen molar-refractivity contribution in [2.24, 2.45) is 11.8 Å². The Bertz CT molecular complexity index is 622. The molecule has 2 aliphatic heterocycles. The number of carbonyl (C=O) groups is 2. The first-order valence-corrected chi connectivity index (χ1v) is 8.51. The summed E-state index contributed by atoms with van der Waals surface area (Å²) in [5, 5.41) is 9.07. The van der Waals surface area contributed by atoms with E-state index in [1.165, 1.54) is 12.1 Å². The average Bonchev–Trinajstić information content (AvgIpc) is 3.05. The number of amides is 1. The minimum atomic E-state index is -0.818. The molecule has 1 aromatic rings. The zero-order valence-electron chi connectivity index (χ0n) is 13.7. The van der Waals surface area contributed by atoms with Gasteiger partial charge in [0.15, 0.2) is 0 Å². The monoisotopic (exact) mass is 334 g/mol. The maximum absolute atomic E-state index is 13.3. The zero-order valence-corrected chi connectivity index (χ0v) is 13.7. The smallest absolute Gasteiger partial charge is 0.308 e. The fraction of sp³-hybridized carbons (Fsp3) is 0.556. The van der Waals surface area contributed by atoms with Crippen LogP contribution >= 0.6 is 0 Å². The molecule has 0 saturated carbocycles. The number of carbonyl (C=O) groups excluding carboxylic acids is 1. The Morgan fingerprint density at radius 2 is 2.00 bits per heavy atom. The molecular weight excluding hydrogens is 311 g/mol. The first-order valence-electron chi connectivity index (χ1n) is 8.51. The van der Waals surface area contributed by atoms with Gasteiger partial charge < -0.3 is 10.0 Å². The minimum absolute atomic E-state index is 0.0719. The Morgan fingerprint density at radius 1 is 1.17 bits per heavy atom. The van der Waals surface area contributed by atoms with Crippen LogP contribution in [0, 0.1) is 17.7 Å². The second kappa shape index (κ2) is 7.30. The Morgan fingerprint density at radius 3 is 2.71 bits per heavy atom. The Labute approximate surface area is 141 Å². The topological polar surface area (TPSA) is 60.9 Å². The molecule has 0 aromatic heterocycles. The molecule has 130 valence electrons. The molecule has 24 heavy (non-hydrogen) atoms. The third-order valence-electron chi connectivity index (χ3n) is 5.00. The second-order valence-electron chi connectivity index (χ2n) is 6.81. The van der Waals surface area contributed by atoms with Crippen molar-refractivity contribution in [1.29, 1.82) is 0 Å². The van der Waals surface area contributed by atoms with Gasteiger partial charge in [0, 0.05) is 26.2 Å². The van der Waals surface area contributed by atoms with Crippen molar-refractivity contribution in [1.82, 2.24) is 9.80 Å². The van der Waals surface area contributed by atoms with E-state index in [0.29, 0.717) is 32.6 Å². The van der Waals surface area contributed by atoms with Gasteiger partial charge in [-0.1, -0.05) is 12.1 Å². The zero-order chi connectivity index (χ0) is 17.1.